The first-order valence-corrected chi connectivity index (χ1v) is 7.45. The van der Waals surface area contributed by atoms with Crippen LogP contribution in [0.2, 0.25) is 5.02 Å². The summed E-state index contributed by atoms with van der Waals surface area (Å²) in [7, 11) is 0. The lowest BCUT2D eigenvalue weighted by molar-refractivity contribution is 0.216. The highest BCUT2D eigenvalue weighted by Crippen LogP contribution is 2.14. The van der Waals surface area contributed by atoms with Crippen LogP contribution in [0, 0.1) is 0 Å². The Labute approximate surface area is 129 Å². The van der Waals surface area contributed by atoms with Gasteiger partial charge in [-0.3, -0.25) is 4.90 Å². The number of rotatable bonds is 6. The molecular weight excluding hydrogens is 292 g/mol. The molecule has 6 nitrogen and oxygen atoms in total. The quantitative estimate of drug-likeness (QED) is 0.682. The molecule has 0 aliphatic carbocycles. The summed E-state index contributed by atoms with van der Waals surface area (Å²) in [5.74, 6) is 0.667. The van der Waals surface area contributed by atoms with E-state index in [1.807, 2.05) is 0 Å². The number of hydrogen-bond acceptors (Lipinski definition) is 4. The molecule has 1 heterocycles. The van der Waals surface area contributed by atoms with E-state index in [1.54, 1.807) is 24.3 Å². The molecule has 0 radical (unpaired) electrons. The van der Waals surface area contributed by atoms with Gasteiger partial charge < -0.3 is 20.7 Å². The van der Waals surface area contributed by atoms with Crippen molar-refractivity contribution in [1.29, 1.82) is 0 Å². The van der Waals surface area contributed by atoms with Gasteiger partial charge in [0.2, 0.25) is 0 Å². The van der Waals surface area contributed by atoms with E-state index < -0.39 is 0 Å². The van der Waals surface area contributed by atoms with E-state index in [0.29, 0.717) is 17.3 Å². The molecule has 7 heteroatoms. The molecule has 1 saturated heterocycles. The lowest BCUT2D eigenvalue weighted by Crippen LogP contribution is -2.47. The number of carbonyl (C=O) groups excluding carboxylic acids is 1. The van der Waals surface area contributed by atoms with Crippen LogP contribution in [0.5, 0.6) is 5.75 Å². The zero-order valence-corrected chi connectivity index (χ0v) is 12.7. The molecule has 3 N–H and O–H groups in total. The monoisotopic (exact) mass is 312 g/mol. The second-order valence-corrected chi connectivity index (χ2v) is 5.20. The minimum atomic E-state index is -0.223. The van der Waals surface area contributed by atoms with E-state index >= 15 is 0 Å². The summed E-state index contributed by atoms with van der Waals surface area (Å²) in [6.07, 6.45) is 0. The van der Waals surface area contributed by atoms with Crippen LogP contribution < -0.4 is 20.7 Å². The Bertz CT molecular complexity index is 435. The molecule has 0 bridgehead atoms. The van der Waals surface area contributed by atoms with Crippen LogP contribution in [0.1, 0.15) is 0 Å². The van der Waals surface area contributed by atoms with Crippen molar-refractivity contribution in [3.63, 3.8) is 0 Å². The summed E-state index contributed by atoms with van der Waals surface area (Å²) in [5, 5.41) is 9.41. The SMILES string of the molecule is O=C(NCCN1CCNCC1)NCOc1ccc(Cl)cc1. The van der Waals surface area contributed by atoms with E-state index in [1.165, 1.54) is 0 Å². The topological polar surface area (TPSA) is 65.6 Å². The number of halogens is 1. The third-order valence-corrected chi connectivity index (χ3v) is 3.46. The normalized spacial score (nSPS) is 15.5. The van der Waals surface area contributed by atoms with Gasteiger partial charge in [0.15, 0.2) is 6.73 Å². The third kappa shape index (κ3) is 6.20. The number of nitrogens with zero attached hydrogens (tertiary/aromatic N) is 1. The molecule has 0 atom stereocenters. The van der Waals surface area contributed by atoms with Crippen molar-refractivity contribution in [3.05, 3.63) is 29.3 Å². The fourth-order valence-electron chi connectivity index (χ4n) is 2.04. The molecule has 0 spiro atoms. The van der Waals surface area contributed by atoms with Crippen molar-refractivity contribution in [1.82, 2.24) is 20.9 Å². The van der Waals surface area contributed by atoms with Crippen LogP contribution in [-0.4, -0.2) is 56.9 Å². The first-order chi connectivity index (χ1) is 10.2. The first-order valence-electron chi connectivity index (χ1n) is 7.07. The molecule has 1 aromatic rings. The average molecular weight is 313 g/mol. The molecule has 1 fully saturated rings. The van der Waals surface area contributed by atoms with Crippen molar-refractivity contribution in [2.24, 2.45) is 0 Å². The Balaban J connectivity index is 1.54. The molecule has 2 amide bonds. The lowest BCUT2D eigenvalue weighted by atomic mass is 10.3. The van der Waals surface area contributed by atoms with Gasteiger partial charge in [-0.1, -0.05) is 11.6 Å². The summed E-state index contributed by atoms with van der Waals surface area (Å²) >= 11 is 5.77. The van der Waals surface area contributed by atoms with Gasteiger partial charge in [0.1, 0.15) is 5.75 Å². The first kappa shape index (κ1) is 15.9. The molecule has 0 saturated carbocycles. The molecular formula is C14H21ClN4O2. The van der Waals surface area contributed by atoms with Gasteiger partial charge in [0.05, 0.1) is 0 Å². The fourth-order valence-corrected chi connectivity index (χ4v) is 2.17. The predicted octanol–water partition coefficient (Wildman–Crippen LogP) is 0.881. The van der Waals surface area contributed by atoms with Crippen molar-refractivity contribution in [3.8, 4) is 5.75 Å². The molecule has 0 unspecified atom stereocenters. The van der Waals surface area contributed by atoms with E-state index in [2.05, 4.69) is 20.9 Å². The van der Waals surface area contributed by atoms with Crippen LogP contribution in [0.3, 0.4) is 0 Å². The highest BCUT2D eigenvalue weighted by Gasteiger charge is 2.09. The Morgan fingerprint density at radius 3 is 2.67 bits per heavy atom. The van der Waals surface area contributed by atoms with Crippen LogP contribution >= 0.6 is 11.6 Å². The third-order valence-electron chi connectivity index (χ3n) is 3.21. The van der Waals surface area contributed by atoms with Crippen molar-refractivity contribution >= 4 is 17.6 Å². The van der Waals surface area contributed by atoms with E-state index in [-0.39, 0.29) is 12.8 Å². The van der Waals surface area contributed by atoms with Crippen LogP contribution in [0.4, 0.5) is 4.79 Å². The summed E-state index contributed by atoms with van der Waals surface area (Å²) in [6.45, 7) is 5.72. The van der Waals surface area contributed by atoms with Gasteiger partial charge in [0, 0.05) is 44.3 Å². The molecule has 2 rings (SSSR count). The molecule has 21 heavy (non-hydrogen) atoms. The summed E-state index contributed by atoms with van der Waals surface area (Å²) in [6, 6.07) is 6.77. The van der Waals surface area contributed by atoms with Gasteiger partial charge in [-0.15, -0.1) is 0 Å². The van der Waals surface area contributed by atoms with Gasteiger partial charge in [-0.05, 0) is 24.3 Å². The molecule has 0 aromatic heterocycles. The minimum Gasteiger partial charge on any atom is -0.473 e. The van der Waals surface area contributed by atoms with Crippen LogP contribution in [-0.2, 0) is 0 Å². The van der Waals surface area contributed by atoms with Crippen LogP contribution in [0.25, 0.3) is 0 Å². The van der Waals surface area contributed by atoms with Gasteiger partial charge in [-0.25, -0.2) is 4.79 Å². The molecule has 1 aliphatic heterocycles. The number of ether oxygens (including phenoxy) is 1. The number of piperazine rings is 1. The Kier molecular flexibility index (Phi) is 6.59. The maximum Gasteiger partial charge on any atom is 0.317 e. The Hall–Kier alpha value is -1.50. The molecule has 1 aliphatic rings. The number of carbonyl (C=O) groups is 1. The maximum absolute atomic E-state index is 11.6. The standard InChI is InChI=1S/C14H21ClN4O2/c15-12-1-3-13(4-2-12)21-11-18-14(20)17-7-10-19-8-5-16-6-9-19/h1-4,16H,5-11H2,(H2,17,18,20). The second kappa shape index (κ2) is 8.71. The number of hydrogen-bond donors (Lipinski definition) is 3. The van der Waals surface area contributed by atoms with Crippen LogP contribution in [0.15, 0.2) is 24.3 Å². The highest BCUT2D eigenvalue weighted by atomic mass is 35.5. The zero-order chi connectivity index (χ0) is 14.9. The van der Waals surface area contributed by atoms with Gasteiger partial charge >= 0.3 is 6.03 Å². The smallest absolute Gasteiger partial charge is 0.317 e. The van der Waals surface area contributed by atoms with Gasteiger partial charge in [0.25, 0.3) is 0 Å². The number of urea groups is 1. The zero-order valence-electron chi connectivity index (χ0n) is 11.9. The van der Waals surface area contributed by atoms with Gasteiger partial charge in [-0.2, -0.15) is 0 Å². The van der Waals surface area contributed by atoms with Crippen molar-refractivity contribution in [2.75, 3.05) is 46.0 Å². The maximum atomic E-state index is 11.6. The average Bonchev–Trinajstić information content (AvgIpc) is 2.50. The van der Waals surface area contributed by atoms with E-state index in [9.17, 15) is 4.79 Å². The van der Waals surface area contributed by atoms with Crippen molar-refractivity contribution in [2.45, 2.75) is 0 Å². The lowest BCUT2D eigenvalue weighted by Gasteiger charge is -2.27. The fraction of sp³-hybridized carbons (Fsp3) is 0.500. The molecule has 116 valence electrons. The largest absolute Gasteiger partial charge is 0.473 e. The summed E-state index contributed by atoms with van der Waals surface area (Å²) in [4.78, 5) is 13.9. The number of amides is 2. The van der Waals surface area contributed by atoms with E-state index in [0.717, 1.165) is 32.7 Å². The Morgan fingerprint density at radius 1 is 1.24 bits per heavy atom. The summed E-state index contributed by atoms with van der Waals surface area (Å²) in [5.41, 5.74) is 0. The molecule has 1 aromatic carbocycles. The van der Waals surface area contributed by atoms with Crippen molar-refractivity contribution < 1.29 is 9.53 Å². The summed E-state index contributed by atoms with van der Waals surface area (Å²) < 4.78 is 5.38. The van der Waals surface area contributed by atoms with E-state index in [4.69, 9.17) is 16.3 Å². The number of benzene rings is 1. The minimum absolute atomic E-state index is 0.126. The second-order valence-electron chi connectivity index (χ2n) is 4.77. The highest BCUT2D eigenvalue weighted by molar-refractivity contribution is 6.30. The number of nitrogens with one attached hydrogen (secondary N) is 3. The predicted molar refractivity (Wildman–Crippen MR) is 82.8 cm³/mol. The Morgan fingerprint density at radius 2 is 1.95 bits per heavy atom.